The summed E-state index contributed by atoms with van der Waals surface area (Å²) in [6.45, 7) is -0.261. The quantitative estimate of drug-likeness (QED) is 0.375. The number of hydrogen-bond donors (Lipinski definition) is 4. The predicted molar refractivity (Wildman–Crippen MR) is 139 cm³/mol. The van der Waals surface area contributed by atoms with E-state index < -0.39 is 12.1 Å². The first-order valence-corrected chi connectivity index (χ1v) is 12.0. The largest absolute Gasteiger partial charge is 0.497 e. The van der Waals surface area contributed by atoms with Crippen molar-refractivity contribution in [2.75, 3.05) is 24.4 Å². The van der Waals surface area contributed by atoms with E-state index in [1.165, 1.54) is 0 Å². The van der Waals surface area contributed by atoms with E-state index in [9.17, 15) is 14.7 Å². The fourth-order valence-corrected chi connectivity index (χ4v) is 4.28. The minimum atomic E-state index is -0.599. The van der Waals surface area contributed by atoms with Crippen molar-refractivity contribution in [1.29, 1.82) is 0 Å². The van der Waals surface area contributed by atoms with E-state index in [2.05, 4.69) is 16.0 Å². The summed E-state index contributed by atoms with van der Waals surface area (Å²) in [7, 11) is 1.56. The SMILES string of the molecule is COc1cccc(NC(=O)N[C@H]2CC[C@H](CC(=O)Nc3ccc(-c4ccccc4)cc3)O[C@@H]2CO)c1. The molecule has 0 saturated carbocycles. The highest BCUT2D eigenvalue weighted by Gasteiger charge is 2.33. The number of carbonyl (C=O) groups excluding carboxylic acids is 2. The van der Waals surface area contributed by atoms with Crippen molar-refractivity contribution in [2.45, 2.75) is 37.5 Å². The Balaban J connectivity index is 1.25. The minimum Gasteiger partial charge on any atom is -0.497 e. The second-order valence-corrected chi connectivity index (χ2v) is 8.69. The third kappa shape index (κ3) is 6.84. The van der Waals surface area contributed by atoms with Crippen molar-refractivity contribution in [3.05, 3.63) is 78.9 Å². The molecule has 3 aromatic rings. The number of anilines is 2. The first-order valence-electron chi connectivity index (χ1n) is 12.0. The molecule has 1 aliphatic rings. The Hall–Kier alpha value is -3.88. The van der Waals surface area contributed by atoms with E-state index >= 15 is 0 Å². The first kappa shape index (κ1) is 25.2. The van der Waals surface area contributed by atoms with Crippen LogP contribution in [0, 0.1) is 0 Å². The average Bonchev–Trinajstić information content (AvgIpc) is 2.90. The van der Waals surface area contributed by atoms with E-state index in [1.807, 2.05) is 54.6 Å². The van der Waals surface area contributed by atoms with Gasteiger partial charge in [0.25, 0.3) is 0 Å². The number of hydrogen-bond acceptors (Lipinski definition) is 5. The number of urea groups is 1. The summed E-state index contributed by atoms with van der Waals surface area (Å²) in [5.74, 6) is 0.474. The number of benzene rings is 3. The maximum absolute atomic E-state index is 12.6. The van der Waals surface area contributed by atoms with E-state index in [1.54, 1.807) is 31.4 Å². The van der Waals surface area contributed by atoms with E-state index in [0.29, 0.717) is 30.0 Å². The molecule has 0 aromatic heterocycles. The number of amides is 3. The summed E-state index contributed by atoms with van der Waals surface area (Å²) < 4.78 is 11.1. The molecule has 3 amide bonds. The van der Waals surface area contributed by atoms with Crippen molar-refractivity contribution >= 4 is 23.3 Å². The topological polar surface area (TPSA) is 109 Å². The van der Waals surface area contributed by atoms with Crippen LogP contribution in [0.1, 0.15) is 19.3 Å². The van der Waals surface area contributed by atoms with Crippen LogP contribution in [0.3, 0.4) is 0 Å². The van der Waals surface area contributed by atoms with E-state index in [4.69, 9.17) is 9.47 Å². The molecule has 1 fully saturated rings. The van der Waals surface area contributed by atoms with Crippen LogP contribution in [0.5, 0.6) is 5.75 Å². The molecule has 8 nitrogen and oxygen atoms in total. The molecule has 4 N–H and O–H groups in total. The van der Waals surface area contributed by atoms with Crippen molar-refractivity contribution < 1.29 is 24.2 Å². The Bertz CT molecular complexity index is 1150. The Morgan fingerprint density at radius 1 is 0.917 bits per heavy atom. The molecule has 0 spiro atoms. The molecule has 0 bridgehead atoms. The van der Waals surface area contributed by atoms with Crippen LogP contribution in [0.4, 0.5) is 16.2 Å². The summed E-state index contributed by atoms with van der Waals surface area (Å²) in [6, 6.07) is 24.0. The highest BCUT2D eigenvalue weighted by molar-refractivity contribution is 5.91. The number of aliphatic hydroxyl groups excluding tert-OH is 1. The number of methoxy groups -OCH3 is 1. The predicted octanol–water partition coefficient (Wildman–Crippen LogP) is 4.42. The van der Waals surface area contributed by atoms with Gasteiger partial charge >= 0.3 is 6.03 Å². The second kappa shape index (κ2) is 12.2. The van der Waals surface area contributed by atoms with Gasteiger partial charge in [-0.15, -0.1) is 0 Å². The Morgan fingerprint density at radius 2 is 1.67 bits per heavy atom. The van der Waals surface area contributed by atoms with Gasteiger partial charge in [-0.2, -0.15) is 0 Å². The molecule has 1 saturated heterocycles. The van der Waals surface area contributed by atoms with Gasteiger partial charge in [0, 0.05) is 17.4 Å². The van der Waals surface area contributed by atoms with Crippen molar-refractivity contribution in [3.8, 4) is 16.9 Å². The smallest absolute Gasteiger partial charge is 0.319 e. The third-order valence-corrected chi connectivity index (χ3v) is 6.13. The number of carbonyl (C=O) groups is 2. The van der Waals surface area contributed by atoms with Crippen molar-refractivity contribution in [2.24, 2.45) is 0 Å². The van der Waals surface area contributed by atoms with Crippen LogP contribution in [0.25, 0.3) is 11.1 Å². The molecule has 188 valence electrons. The first-order chi connectivity index (χ1) is 17.5. The molecule has 3 atom stereocenters. The fraction of sp³-hybridized carbons (Fsp3) is 0.286. The zero-order valence-corrected chi connectivity index (χ0v) is 20.1. The van der Waals surface area contributed by atoms with Gasteiger partial charge in [-0.05, 0) is 48.2 Å². The molecule has 36 heavy (non-hydrogen) atoms. The molecule has 0 aliphatic carbocycles. The highest BCUT2D eigenvalue weighted by atomic mass is 16.5. The lowest BCUT2D eigenvalue weighted by molar-refractivity contribution is -0.126. The number of ether oxygens (including phenoxy) is 2. The number of rotatable bonds is 8. The van der Waals surface area contributed by atoms with Gasteiger partial charge in [0.05, 0.1) is 32.3 Å². The molecule has 3 aromatic carbocycles. The molecule has 0 unspecified atom stereocenters. The van der Waals surface area contributed by atoms with Gasteiger partial charge in [-0.3, -0.25) is 4.79 Å². The third-order valence-electron chi connectivity index (χ3n) is 6.13. The van der Waals surface area contributed by atoms with Crippen LogP contribution in [-0.2, 0) is 9.53 Å². The summed E-state index contributed by atoms with van der Waals surface area (Å²) in [4.78, 5) is 25.1. The molecular weight excluding hydrogens is 458 g/mol. The number of nitrogens with one attached hydrogen (secondary N) is 3. The summed E-state index contributed by atoms with van der Waals surface area (Å²) in [5.41, 5.74) is 3.49. The summed E-state index contributed by atoms with van der Waals surface area (Å²) in [5, 5.41) is 18.4. The Labute approximate surface area is 210 Å². The molecule has 8 heteroatoms. The monoisotopic (exact) mass is 489 g/mol. The molecule has 4 rings (SSSR count). The van der Waals surface area contributed by atoms with Gasteiger partial charge in [0.1, 0.15) is 11.9 Å². The lowest BCUT2D eigenvalue weighted by Crippen LogP contribution is -2.52. The zero-order valence-electron chi connectivity index (χ0n) is 20.1. The minimum absolute atomic E-state index is 0.161. The van der Waals surface area contributed by atoms with Gasteiger partial charge in [0.2, 0.25) is 5.91 Å². The molecule has 0 radical (unpaired) electrons. The van der Waals surface area contributed by atoms with E-state index in [0.717, 1.165) is 11.1 Å². The molecular formula is C28H31N3O5. The van der Waals surface area contributed by atoms with E-state index in [-0.39, 0.29) is 31.1 Å². The maximum Gasteiger partial charge on any atom is 0.319 e. The van der Waals surface area contributed by atoms with Gasteiger partial charge < -0.3 is 30.5 Å². The Morgan fingerprint density at radius 3 is 2.39 bits per heavy atom. The van der Waals surface area contributed by atoms with Gasteiger partial charge in [0.15, 0.2) is 0 Å². The maximum atomic E-state index is 12.6. The standard InChI is InChI=1S/C28H31N3O5/c1-35-23-9-5-8-22(16-23)30-28(34)31-25-15-14-24(36-26(25)18-32)17-27(33)29-21-12-10-20(11-13-21)19-6-3-2-4-7-19/h2-13,16,24-26,32H,14-15,17-18H2,1H3,(H,29,33)(H2,30,31,34)/t24-,25+,26-/m1/s1. The number of aliphatic hydroxyl groups is 1. The molecule has 1 aliphatic heterocycles. The normalized spacial score (nSPS) is 19.2. The second-order valence-electron chi connectivity index (χ2n) is 8.69. The van der Waals surface area contributed by atoms with Crippen LogP contribution in [0.15, 0.2) is 78.9 Å². The van der Waals surface area contributed by atoms with Crippen LogP contribution in [0.2, 0.25) is 0 Å². The van der Waals surface area contributed by atoms with Crippen LogP contribution >= 0.6 is 0 Å². The fourth-order valence-electron chi connectivity index (χ4n) is 4.28. The molecule has 1 heterocycles. The summed E-state index contributed by atoms with van der Waals surface area (Å²) >= 11 is 0. The lowest BCUT2D eigenvalue weighted by Gasteiger charge is -2.35. The van der Waals surface area contributed by atoms with Gasteiger partial charge in [-0.1, -0.05) is 48.5 Å². The van der Waals surface area contributed by atoms with Crippen molar-refractivity contribution in [1.82, 2.24) is 5.32 Å². The average molecular weight is 490 g/mol. The van der Waals surface area contributed by atoms with Gasteiger partial charge in [-0.25, -0.2) is 4.79 Å². The van der Waals surface area contributed by atoms with Crippen molar-refractivity contribution in [3.63, 3.8) is 0 Å². The Kier molecular flexibility index (Phi) is 8.54. The highest BCUT2D eigenvalue weighted by Crippen LogP contribution is 2.24. The van der Waals surface area contributed by atoms with Crippen LogP contribution < -0.4 is 20.7 Å². The zero-order chi connectivity index (χ0) is 25.3. The van der Waals surface area contributed by atoms with Crippen LogP contribution in [-0.4, -0.2) is 49.0 Å². The summed E-state index contributed by atoms with van der Waals surface area (Å²) in [6.07, 6.45) is 0.393. The lowest BCUT2D eigenvalue weighted by atomic mass is 9.97.